The van der Waals surface area contributed by atoms with Crippen molar-refractivity contribution < 1.29 is 9.59 Å². The Bertz CT molecular complexity index is 995. The van der Waals surface area contributed by atoms with E-state index in [0.717, 1.165) is 5.69 Å². The van der Waals surface area contributed by atoms with E-state index in [2.05, 4.69) is 15.5 Å². The summed E-state index contributed by atoms with van der Waals surface area (Å²) in [5.41, 5.74) is 3.38. The molecule has 0 aliphatic rings. The Hall–Kier alpha value is -3.13. The first-order valence-electron chi connectivity index (χ1n) is 9.80. The molecule has 1 N–H and O–H groups in total. The summed E-state index contributed by atoms with van der Waals surface area (Å²) in [4.78, 5) is 26.5. The molecule has 0 fully saturated rings. The molecule has 0 saturated heterocycles. The van der Waals surface area contributed by atoms with Crippen molar-refractivity contribution in [1.82, 2.24) is 19.7 Å². The lowest BCUT2D eigenvalue weighted by Gasteiger charge is -2.18. The number of aromatic nitrogens is 3. The molecule has 8 heteroatoms. The van der Waals surface area contributed by atoms with Gasteiger partial charge >= 0.3 is 0 Å². The van der Waals surface area contributed by atoms with E-state index < -0.39 is 0 Å². The first-order valence-corrected chi connectivity index (χ1v) is 10.8. The quantitative estimate of drug-likeness (QED) is 0.558. The Balaban J connectivity index is 1.57. The van der Waals surface area contributed by atoms with Crippen molar-refractivity contribution in [3.8, 4) is 5.69 Å². The summed E-state index contributed by atoms with van der Waals surface area (Å²) in [5.74, 6) is 0.0372. The van der Waals surface area contributed by atoms with Crippen LogP contribution in [0.25, 0.3) is 5.69 Å². The standard InChI is InChI=1S/C22H25N5O2S/c1-4-26(5-2)21(29)17-8-10-18(11-9-17)24-20(28)14-30-22-25-23-15-27(22)19-12-6-16(3)7-13-19/h6-13,15H,4-5,14H2,1-3H3,(H,24,28). The third kappa shape index (κ3) is 5.27. The number of hydrogen-bond acceptors (Lipinski definition) is 5. The molecule has 0 unspecified atom stereocenters. The second-order valence-corrected chi connectivity index (χ2v) is 7.65. The fourth-order valence-corrected chi connectivity index (χ4v) is 3.65. The number of anilines is 1. The fraction of sp³-hybridized carbons (Fsp3) is 0.273. The molecule has 0 spiro atoms. The van der Waals surface area contributed by atoms with Gasteiger partial charge in [-0.25, -0.2) is 0 Å². The zero-order valence-corrected chi connectivity index (χ0v) is 18.1. The average molecular weight is 424 g/mol. The van der Waals surface area contributed by atoms with Crippen molar-refractivity contribution in [2.45, 2.75) is 25.9 Å². The molecule has 1 aromatic heterocycles. The molecule has 0 atom stereocenters. The molecule has 1 heterocycles. The van der Waals surface area contributed by atoms with Crippen molar-refractivity contribution >= 4 is 29.3 Å². The molecule has 2 aromatic carbocycles. The van der Waals surface area contributed by atoms with E-state index >= 15 is 0 Å². The molecule has 156 valence electrons. The number of amides is 2. The smallest absolute Gasteiger partial charge is 0.253 e. The number of rotatable bonds is 8. The first-order chi connectivity index (χ1) is 14.5. The number of nitrogens with one attached hydrogen (secondary N) is 1. The first kappa shape index (κ1) is 21.6. The minimum Gasteiger partial charge on any atom is -0.339 e. The zero-order valence-electron chi connectivity index (χ0n) is 17.3. The highest BCUT2D eigenvalue weighted by Crippen LogP contribution is 2.20. The maximum Gasteiger partial charge on any atom is 0.253 e. The van der Waals surface area contributed by atoms with Gasteiger partial charge in [0.25, 0.3) is 5.91 Å². The molecule has 0 aliphatic heterocycles. The van der Waals surface area contributed by atoms with Crippen LogP contribution >= 0.6 is 11.8 Å². The number of carbonyl (C=O) groups excluding carboxylic acids is 2. The van der Waals surface area contributed by atoms with Crippen molar-refractivity contribution in [2.24, 2.45) is 0 Å². The lowest BCUT2D eigenvalue weighted by Crippen LogP contribution is -2.30. The van der Waals surface area contributed by atoms with Crippen molar-refractivity contribution in [1.29, 1.82) is 0 Å². The summed E-state index contributed by atoms with van der Waals surface area (Å²) in [6.45, 7) is 7.26. The van der Waals surface area contributed by atoms with Crippen LogP contribution in [0.5, 0.6) is 0 Å². The Morgan fingerprint density at radius 2 is 1.70 bits per heavy atom. The average Bonchev–Trinajstić information content (AvgIpc) is 3.23. The topological polar surface area (TPSA) is 80.1 Å². The molecular formula is C22H25N5O2S. The van der Waals surface area contributed by atoms with Gasteiger partial charge in [-0.1, -0.05) is 29.5 Å². The van der Waals surface area contributed by atoms with Gasteiger partial charge in [0.1, 0.15) is 6.33 Å². The van der Waals surface area contributed by atoms with Crippen LogP contribution in [0, 0.1) is 6.92 Å². The molecule has 0 radical (unpaired) electrons. The van der Waals surface area contributed by atoms with Crippen molar-refractivity contribution in [2.75, 3.05) is 24.2 Å². The largest absolute Gasteiger partial charge is 0.339 e. The Kier molecular flexibility index (Phi) is 7.24. The molecule has 0 bridgehead atoms. The lowest BCUT2D eigenvalue weighted by atomic mass is 10.2. The molecule has 3 rings (SSSR count). The van der Waals surface area contributed by atoms with Crippen LogP contribution in [0.1, 0.15) is 29.8 Å². The summed E-state index contributed by atoms with van der Waals surface area (Å²) in [7, 11) is 0. The van der Waals surface area contributed by atoms with Gasteiger partial charge < -0.3 is 10.2 Å². The van der Waals surface area contributed by atoms with Gasteiger partial charge in [0.2, 0.25) is 5.91 Å². The molecule has 30 heavy (non-hydrogen) atoms. The van der Waals surface area contributed by atoms with Crippen LogP contribution < -0.4 is 5.32 Å². The number of aryl methyl sites for hydroxylation is 1. The van der Waals surface area contributed by atoms with E-state index in [4.69, 9.17) is 0 Å². The van der Waals surface area contributed by atoms with Crippen LogP contribution in [-0.2, 0) is 4.79 Å². The number of carbonyl (C=O) groups is 2. The summed E-state index contributed by atoms with van der Waals surface area (Å²) >= 11 is 1.31. The summed E-state index contributed by atoms with van der Waals surface area (Å²) in [5, 5.41) is 11.6. The number of hydrogen-bond donors (Lipinski definition) is 1. The molecule has 0 aliphatic carbocycles. The fourth-order valence-electron chi connectivity index (χ4n) is 2.92. The van der Waals surface area contributed by atoms with E-state index in [-0.39, 0.29) is 17.6 Å². The zero-order chi connectivity index (χ0) is 21.5. The maximum atomic E-state index is 12.4. The summed E-state index contributed by atoms with van der Waals surface area (Å²) < 4.78 is 1.85. The van der Waals surface area contributed by atoms with E-state index in [1.165, 1.54) is 17.3 Å². The van der Waals surface area contributed by atoms with E-state index in [9.17, 15) is 9.59 Å². The Morgan fingerprint density at radius 1 is 1.03 bits per heavy atom. The van der Waals surface area contributed by atoms with E-state index in [0.29, 0.717) is 29.5 Å². The highest BCUT2D eigenvalue weighted by Gasteiger charge is 2.13. The van der Waals surface area contributed by atoms with Crippen molar-refractivity contribution in [3.63, 3.8) is 0 Å². The van der Waals surface area contributed by atoms with Crippen LogP contribution in [0.2, 0.25) is 0 Å². The van der Waals surface area contributed by atoms with Gasteiger partial charge in [0.15, 0.2) is 5.16 Å². The lowest BCUT2D eigenvalue weighted by molar-refractivity contribution is -0.113. The number of benzene rings is 2. The third-order valence-electron chi connectivity index (χ3n) is 4.63. The van der Waals surface area contributed by atoms with Crippen LogP contribution in [0.15, 0.2) is 60.0 Å². The van der Waals surface area contributed by atoms with Crippen LogP contribution in [0.3, 0.4) is 0 Å². The highest BCUT2D eigenvalue weighted by molar-refractivity contribution is 7.99. The predicted octanol–water partition coefficient (Wildman–Crippen LogP) is 3.79. The van der Waals surface area contributed by atoms with Gasteiger partial charge in [0, 0.05) is 30.0 Å². The molecule has 2 amide bonds. The minimum absolute atomic E-state index is 0.0103. The molecule has 3 aromatic rings. The predicted molar refractivity (Wildman–Crippen MR) is 119 cm³/mol. The van der Waals surface area contributed by atoms with Gasteiger partial charge in [-0.2, -0.15) is 0 Å². The van der Waals surface area contributed by atoms with Crippen molar-refractivity contribution in [3.05, 3.63) is 66.0 Å². The second kappa shape index (κ2) is 10.1. The maximum absolute atomic E-state index is 12.4. The summed E-state index contributed by atoms with van der Waals surface area (Å²) in [6, 6.07) is 15.0. The minimum atomic E-state index is -0.152. The second-order valence-electron chi connectivity index (χ2n) is 6.71. The van der Waals surface area contributed by atoms with Gasteiger partial charge in [-0.3, -0.25) is 14.2 Å². The van der Waals surface area contributed by atoms with Gasteiger partial charge in [0.05, 0.1) is 5.75 Å². The van der Waals surface area contributed by atoms with Gasteiger partial charge in [-0.05, 0) is 57.2 Å². The van der Waals surface area contributed by atoms with E-state index in [1.54, 1.807) is 35.5 Å². The van der Waals surface area contributed by atoms with Crippen LogP contribution in [0.4, 0.5) is 5.69 Å². The van der Waals surface area contributed by atoms with Gasteiger partial charge in [-0.15, -0.1) is 10.2 Å². The Morgan fingerprint density at radius 3 is 2.33 bits per heavy atom. The third-order valence-corrected chi connectivity index (χ3v) is 5.57. The van der Waals surface area contributed by atoms with E-state index in [1.807, 2.05) is 49.6 Å². The molecular weight excluding hydrogens is 398 g/mol. The normalized spacial score (nSPS) is 10.6. The molecule has 0 saturated carbocycles. The Labute approximate surface area is 180 Å². The number of nitrogens with zero attached hydrogens (tertiary/aromatic N) is 4. The highest BCUT2D eigenvalue weighted by atomic mass is 32.2. The monoisotopic (exact) mass is 423 g/mol. The van der Waals surface area contributed by atoms with Crippen LogP contribution in [-0.4, -0.2) is 50.3 Å². The summed E-state index contributed by atoms with van der Waals surface area (Å²) in [6.07, 6.45) is 1.64. The number of thioether (sulfide) groups is 1. The SMILES string of the molecule is CCN(CC)C(=O)c1ccc(NC(=O)CSc2nncn2-c2ccc(C)cc2)cc1. The molecule has 7 nitrogen and oxygen atoms in total.